The number of fused-ring (bicyclic) bond motifs is 1. The summed E-state index contributed by atoms with van der Waals surface area (Å²) in [5.74, 6) is 1.24. The monoisotopic (exact) mass is 526 g/mol. The van der Waals surface area contributed by atoms with Gasteiger partial charge < -0.3 is 15.0 Å². The minimum absolute atomic E-state index is 0.0792. The SMILES string of the molecule is CC=C(C=CCC)C(C(=O)Nc1ccc2[nH]nc(-c3ccc(OC4CCN(C)CC4)cc3)c2c1)C1CCCC1. The second kappa shape index (κ2) is 12.6. The van der Waals surface area contributed by atoms with Gasteiger partial charge in [0.05, 0.1) is 17.1 Å². The molecular weight excluding hydrogens is 484 g/mol. The Hall–Kier alpha value is -3.38. The molecule has 1 amide bonds. The van der Waals surface area contributed by atoms with Crippen molar-refractivity contribution in [3.05, 3.63) is 66.3 Å². The van der Waals surface area contributed by atoms with E-state index in [4.69, 9.17) is 4.74 Å². The topological polar surface area (TPSA) is 70.2 Å². The maximum Gasteiger partial charge on any atom is 0.232 e. The quantitative estimate of drug-likeness (QED) is 0.286. The van der Waals surface area contributed by atoms with Crippen LogP contribution in [0.25, 0.3) is 22.2 Å². The number of aromatic amines is 1. The molecule has 1 saturated carbocycles. The predicted octanol–water partition coefficient (Wildman–Crippen LogP) is 7.36. The van der Waals surface area contributed by atoms with Crippen molar-refractivity contribution >= 4 is 22.5 Å². The Kier molecular flexibility index (Phi) is 8.82. The number of benzene rings is 2. The van der Waals surface area contributed by atoms with E-state index in [1.54, 1.807) is 0 Å². The molecule has 1 saturated heterocycles. The van der Waals surface area contributed by atoms with E-state index < -0.39 is 0 Å². The van der Waals surface area contributed by atoms with Crippen molar-refractivity contribution in [3.63, 3.8) is 0 Å². The number of rotatable bonds is 9. The first-order valence-corrected chi connectivity index (χ1v) is 14.6. The summed E-state index contributed by atoms with van der Waals surface area (Å²) in [7, 11) is 2.16. The van der Waals surface area contributed by atoms with Crippen LogP contribution in [-0.2, 0) is 4.79 Å². The zero-order chi connectivity index (χ0) is 27.2. The van der Waals surface area contributed by atoms with Gasteiger partial charge >= 0.3 is 0 Å². The maximum atomic E-state index is 13.7. The number of nitrogens with one attached hydrogen (secondary N) is 2. The number of ether oxygens (including phenoxy) is 1. The van der Waals surface area contributed by atoms with Crippen molar-refractivity contribution in [1.29, 1.82) is 0 Å². The zero-order valence-electron chi connectivity index (χ0n) is 23.6. The van der Waals surface area contributed by atoms with Gasteiger partial charge in [0.15, 0.2) is 0 Å². The van der Waals surface area contributed by atoms with E-state index in [1.807, 2.05) is 37.3 Å². The number of carbonyl (C=O) groups is 1. The molecule has 1 aliphatic carbocycles. The Balaban J connectivity index is 1.33. The van der Waals surface area contributed by atoms with Crippen LogP contribution in [0.1, 0.15) is 58.8 Å². The summed E-state index contributed by atoms with van der Waals surface area (Å²) >= 11 is 0. The first-order chi connectivity index (χ1) is 19.1. The summed E-state index contributed by atoms with van der Waals surface area (Å²) in [6.07, 6.45) is 14.4. The molecule has 2 aromatic carbocycles. The zero-order valence-corrected chi connectivity index (χ0v) is 23.6. The Morgan fingerprint density at radius 2 is 1.87 bits per heavy atom. The highest BCUT2D eigenvalue weighted by atomic mass is 16.5. The fourth-order valence-electron chi connectivity index (χ4n) is 6.08. The second-order valence-electron chi connectivity index (χ2n) is 11.1. The predicted molar refractivity (Wildman–Crippen MR) is 160 cm³/mol. The van der Waals surface area contributed by atoms with E-state index in [2.05, 4.69) is 64.7 Å². The fourth-order valence-corrected chi connectivity index (χ4v) is 6.08. The van der Waals surface area contributed by atoms with Gasteiger partial charge in [-0.1, -0.05) is 38.0 Å². The van der Waals surface area contributed by atoms with Crippen molar-refractivity contribution < 1.29 is 9.53 Å². The molecule has 0 bridgehead atoms. The number of likely N-dealkylation sites (tertiary alicyclic amines) is 1. The van der Waals surface area contributed by atoms with Crippen LogP contribution in [0.4, 0.5) is 5.69 Å². The number of nitrogens with zero attached hydrogens (tertiary/aromatic N) is 2. The third-order valence-corrected chi connectivity index (χ3v) is 8.32. The molecule has 1 aliphatic heterocycles. The minimum atomic E-state index is -0.128. The lowest BCUT2D eigenvalue weighted by molar-refractivity contribution is -0.120. The highest BCUT2D eigenvalue weighted by molar-refractivity contribution is 6.00. The van der Waals surface area contributed by atoms with E-state index in [-0.39, 0.29) is 17.9 Å². The third-order valence-electron chi connectivity index (χ3n) is 8.32. The lowest BCUT2D eigenvalue weighted by Gasteiger charge is -2.29. The number of allylic oxidation sites excluding steroid dienone is 3. The normalized spacial score (nSPS) is 18.7. The maximum absolute atomic E-state index is 13.7. The van der Waals surface area contributed by atoms with Crippen LogP contribution < -0.4 is 10.1 Å². The Labute approximate surface area is 232 Å². The number of hydrogen-bond donors (Lipinski definition) is 2. The van der Waals surface area contributed by atoms with Crippen molar-refractivity contribution in [2.45, 2.75) is 64.9 Å². The molecule has 206 valence electrons. The van der Waals surface area contributed by atoms with Gasteiger partial charge in [-0.25, -0.2) is 0 Å². The van der Waals surface area contributed by atoms with Crippen LogP contribution in [0, 0.1) is 11.8 Å². The summed E-state index contributed by atoms with van der Waals surface area (Å²) in [5, 5.41) is 12.0. The molecule has 1 aromatic heterocycles. The van der Waals surface area contributed by atoms with Gasteiger partial charge in [0.1, 0.15) is 11.9 Å². The molecule has 1 atom stereocenters. The summed E-state index contributed by atoms with van der Waals surface area (Å²) < 4.78 is 6.23. The van der Waals surface area contributed by atoms with Gasteiger partial charge in [-0.3, -0.25) is 9.89 Å². The molecule has 6 heteroatoms. The third kappa shape index (κ3) is 6.44. The van der Waals surface area contributed by atoms with Crippen LogP contribution in [0.5, 0.6) is 5.75 Å². The summed E-state index contributed by atoms with van der Waals surface area (Å²) in [5.41, 5.74) is 4.76. The van der Waals surface area contributed by atoms with Gasteiger partial charge in [-0.15, -0.1) is 0 Å². The van der Waals surface area contributed by atoms with Crippen molar-refractivity contribution in [3.8, 4) is 17.0 Å². The van der Waals surface area contributed by atoms with E-state index in [9.17, 15) is 4.79 Å². The smallest absolute Gasteiger partial charge is 0.232 e. The number of anilines is 1. The van der Waals surface area contributed by atoms with Crippen LogP contribution in [-0.4, -0.2) is 47.2 Å². The Morgan fingerprint density at radius 3 is 2.56 bits per heavy atom. The van der Waals surface area contributed by atoms with E-state index >= 15 is 0 Å². The molecule has 0 spiro atoms. The van der Waals surface area contributed by atoms with Crippen LogP contribution in [0.2, 0.25) is 0 Å². The lowest BCUT2D eigenvalue weighted by Crippen LogP contribution is -2.35. The van der Waals surface area contributed by atoms with Gasteiger partial charge in [0.2, 0.25) is 5.91 Å². The minimum Gasteiger partial charge on any atom is -0.490 e. The number of H-pyrrole nitrogens is 1. The van der Waals surface area contributed by atoms with E-state index in [0.717, 1.165) is 84.4 Å². The fraction of sp³-hybridized carbons (Fsp3) is 0.455. The van der Waals surface area contributed by atoms with Crippen LogP contribution in [0.15, 0.2) is 66.3 Å². The Bertz CT molecular complexity index is 1310. The summed E-state index contributed by atoms with van der Waals surface area (Å²) in [6.45, 7) is 6.32. The van der Waals surface area contributed by atoms with Crippen molar-refractivity contribution in [2.24, 2.45) is 11.8 Å². The molecule has 5 rings (SSSR count). The molecule has 39 heavy (non-hydrogen) atoms. The molecule has 2 N–H and O–H groups in total. The lowest BCUT2D eigenvalue weighted by atomic mass is 9.83. The molecule has 6 nitrogen and oxygen atoms in total. The van der Waals surface area contributed by atoms with Crippen LogP contribution >= 0.6 is 0 Å². The van der Waals surface area contributed by atoms with Crippen LogP contribution in [0.3, 0.4) is 0 Å². The highest BCUT2D eigenvalue weighted by Crippen LogP contribution is 2.37. The number of hydrogen-bond acceptors (Lipinski definition) is 4. The first-order valence-electron chi connectivity index (χ1n) is 14.6. The number of piperidine rings is 1. The second-order valence-corrected chi connectivity index (χ2v) is 11.1. The molecule has 2 aliphatic rings. The van der Waals surface area contributed by atoms with Gasteiger partial charge in [0, 0.05) is 29.7 Å². The first kappa shape index (κ1) is 27.2. The molecule has 2 heterocycles. The standard InChI is InChI=1S/C33H42N4O2/c1-4-6-9-23(5-2)31(24-10-7-8-11-24)33(38)34-26-14-17-30-29(22-26)32(36-35-30)25-12-15-27(16-13-25)39-28-18-20-37(3)21-19-28/h5-6,9,12-17,22,24,28,31H,4,7-8,10-11,18-21H2,1-3H3,(H,34,38)(H,35,36). The number of aromatic nitrogens is 2. The molecule has 2 fully saturated rings. The summed E-state index contributed by atoms with van der Waals surface area (Å²) in [6, 6.07) is 14.2. The average molecular weight is 527 g/mol. The molecule has 1 unspecified atom stereocenters. The largest absolute Gasteiger partial charge is 0.490 e. The van der Waals surface area contributed by atoms with Gasteiger partial charge in [-0.2, -0.15) is 5.10 Å². The number of carbonyl (C=O) groups excluding carboxylic acids is 1. The van der Waals surface area contributed by atoms with E-state index in [1.165, 1.54) is 12.8 Å². The molecule has 0 radical (unpaired) electrons. The number of amides is 1. The Morgan fingerprint density at radius 1 is 1.13 bits per heavy atom. The van der Waals surface area contributed by atoms with E-state index in [0.29, 0.717) is 5.92 Å². The van der Waals surface area contributed by atoms with Gasteiger partial charge in [0.25, 0.3) is 0 Å². The van der Waals surface area contributed by atoms with Gasteiger partial charge in [-0.05, 0) is 100 Å². The van der Waals surface area contributed by atoms with Crippen molar-refractivity contribution in [1.82, 2.24) is 15.1 Å². The van der Waals surface area contributed by atoms with Crippen molar-refractivity contribution in [2.75, 3.05) is 25.5 Å². The highest BCUT2D eigenvalue weighted by Gasteiger charge is 2.32. The average Bonchev–Trinajstić information content (AvgIpc) is 3.63. The summed E-state index contributed by atoms with van der Waals surface area (Å²) in [4.78, 5) is 16.0. The molecule has 3 aromatic rings. The molecular formula is C33H42N4O2.